The lowest BCUT2D eigenvalue weighted by molar-refractivity contribution is -0.0215. The Morgan fingerprint density at radius 2 is 1.60 bits per heavy atom. The highest BCUT2D eigenvalue weighted by atomic mass is 31.1. The molecule has 0 spiro atoms. The van der Waals surface area contributed by atoms with Crippen LogP contribution in [-0.4, -0.2) is 22.8 Å². The van der Waals surface area contributed by atoms with Gasteiger partial charge < -0.3 is 5.11 Å². The molecule has 0 amide bonds. The van der Waals surface area contributed by atoms with E-state index in [1.165, 1.54) is 50.8 Å². The van der Waals surface area contributed by atoms with Crippen molar-refractivity contribution in [2.24, 2.45) is 16.7 Å². The molecule has 2 bridgehead atoms. The monoisotopic (exact) mass is 298 g/mol. The number of hydrogen-bond donors (Lipinski definition) is 1. The van der Waals surface area contributed by atoms with Gasteiger partial charge in [-0.25, -0.2) is 0 Å². The fourth-order valence-electron chi connectivity index (χ4n) is 4.90. The Morgan fingerprint density at radius 1 is 1.05 bits per heavy atom. The lowest BCUT2D eigenvalue weighted by Gasteiger charge is -2.50. The van der Waals surface area contributed by atoms with Gasteiger partial charge in [0, 0.05) is 5.41 Å². The first-order chi connectivity index (χ1) is 9.33. The summed E-state index contributed by atoms with van der Waals surface area (Å²) in [6, 6.07) is 0. The second-order valence-electron chi connectivity index (χ2n) is 8.00. The van der Waals surface area contributed by atoms with E-state index in [4.69, 9.17) is 0 Å². The maximum absolute atomic E-state index is 11.7. The molecular weight excluding hydrogens is 263 g/mol. The quantitative estimate of drug-likeness (QED) is 0.606. The molecule has 0 aromatic carbocycles. The first-order valence-electron chi connectivity index (χ1n) is 8.81. The molecule has 2 heteroatoms. The minimum absolute atomic E-state index is 0.165. The van der Waals surface area contributed by atoms with Gasteiger partial charge in [-0.2, -0.15) is 0 Å². The van der Waals surface area contributed by atoms with Gasteiger partial charge in [-0.1, -0.05) is 55.4 Å². The lowest BCUT2D eigenvalue weighted by atomic mass is 9.69. The number of unbranched alkanes of at least 4 members (excludes halogenated alkanes) is 2. The number of fused-ring (bicyclic) bond motifs is 2. The van der Waals surface area contributed by atoms with E-state index in [0.717, 1.165) is 12.3 Å². The van der Waals surface area contributed by atoms with E-state index >= 15 is 0 Å². The van der Waals surface area contributed by atoms with Gasteiger partial charge in [-0.15, -0.1) is 0 Å². The Hall–Kier alpha value is 0.390. The fraction of sp³-hybridized carbons (Fsp3) is 1.00. The van der Waals surface area contributed by atoms with E-state index < -0.39 is 0 Å². The topological polar surface area (TPSA) is 20.2 Å². The third kappa shape index (κ3) is 2.28. The normalized spacial score (nSPS) is 38.9. The Morgan fingerprint density at radius 3 is 1.95 bits per heavy atom. The van der Waals surface area contributed by atoms with Gasteiger partial charge in [0.05, 0.1) is 5.34 Å². The molecule has 2 aliphatic rings. The van der Waals surface area contributed by atoms with Crippen LogP contribution in [0.1, 0.15) is 79.6 Å². The summed E-state index contributed by atoms with van der Waals surface area (Å²) in [6.45, 7) is 11.8. The number of hydrogen-bond acceptors (Lipinski definition) is 1. The van der Waals surface area contributed by atoms with Crippen molar-refractivity contribution in [3.05, 3.63) is 0 Å². The summed E-state index contributed by atoms with van der Waals surface area (Å²) in [5, 5.41) is 11.4. The average Bonchev–Trinajstić information content (AvgIpc) is 2.71. The Kier molecular flexibility index (Phi) is 4.93. The van der Waals surface area contributed by atoms with Crippen LogP contribution in [0.3, 0.4) is 0 Å². The molecule has 20 heavy (non-hydrogen) atoms. The molecule has 1 N–H and O–H groups in total. The van der Waals surface area contributed by atoms with E-state index in [2.05, 4.69) is 34.6 Å². The second kappa shape index (κ2) is 5.88. The van der Waals surface area contributed by atoms with Crippen LogP contribution in [0.2, 0.25) is 0 Å². The third-order valence-corrected chi connectivity index (χ3v) is 10.4. The molecule has 0 saturated heterocycles. The molecule has 2 aliphatic carbocycles. The molecule has 0 radical (unpaired) electrons. The van der Waals surface area contributed by atoms with E-state index in [0.29, 0.717) is 5.41 Å². The molecule has 0 aromatic rings. The van der Waals surface area contributed by atoms with Gasteiger partial charge in [0.25, 0.3) is 0 Å². The van der Waals surface area contributed by atoms with Crippen molar-refractivity contribution in [2.75, 3.05) is 12.3 Å². The Labute approximate surface area is 127 Å². The van der Waals surface area contributed by atoms with E-state index in [1.54, 1.807) is 0 Å². The molecule has 0 aliphatic heterocycles. The minimum Gasteiger partial charge on any atom is -0.385 e. The predicted octanol–water partition coefficient (Wildman–Crippen LogP) is 5.60. The van der Waals surface area contributed by atoms with E-state index in [1.807, 2.05) is 0 Å². The highest BCUT2D eigenvalue weighted by Gasteiger charge is 2.69. The number of rotatable bonds is 7. The van der Waals surface area contributed by atoms with Crippen LogP contribution in [-0.2, 0) is 0 Å². The molecule has 2 rings (SSSR count). The first kappa shape index (κ1) is 16.8. The molecule has 2 fully saturated rings. The molecule has 0 heterocycles. The molecule has 1 nitrogen and oxygen atoms in total. The summed E-state index contributed by atoms with van der Waals surface area (Å²) in [4.78, 5) is 0. The van der Waals surface area contributed by atoms with Crippen molar-refractivity contribution < 1.29 is 5.11 Å². The van der Waals surface area contributed by atoms with Crippen LogP contribution in [0.5, 0.6) is 0 Å². The van der Waals surface area contributed by atoms with Crippen LogP contribution in [0.25, 0.3) is 0 Å². The molecule has 118 valence electrons. The summed E-state index contributed by atoms with van der Waals surface area (Å²) in [5.41, 5.74) is 0.499. The Balaban J connectivity index is 2.23. The second-order valence-corrected chi connectivity index (χ2v) is 10.7. The summed E-state index contributed by atoms with van der Waals surface area (Å²) in [6.07, 6.45) is 11.4. The van der Waals surface area contributed by atoms with Crippen LogP contribution in [0.15, 0.2) is 0 Å². The van der Waals surface area contributed by atoms with Crippen LogP contribution < -0.4 is 0 Å². The third-order valence-electron chi connectivity index (χ3n) is 6.94. The zero-order valence-electron chi connectivity index (χ0n) is 14.3. The molecule has 2 saturated carbocycles. The van der Waals surface area contributed by atoms with E-state index in [9.17, 15) is 5.11 Å². The van der Waals surface area contributed by atoms with Crippen LogP contribution in [0.4, 0.5) is 0 Å². The van der Waals surface area contributed by atoms with Crippen molar-refractivity contribution in [1.29, 1.82) is 0 Å². The van der Waals surface area contributed by atoms with Gasteiger partial charge in [0.15, 0.2) is 0 Å². The minimum atomic E-state index is -0.334. The molecule has 3 atom stereocenters. The maximum Gasteiger partial charge on any atom is 0.0895 e. The van der Waals surface area contributed by atoms with Gasteiger partial charge in [-0.05, 0) is 55.8 Å². The SMILES string of the molecule is CCCCP(CCCC)C1(O)CC2CCC1(C)C2(C)C. The van der Waals surface area contributed by atoms with Gasteiger partial charge in [0.1, 0.15) is 0 Å². The fourth-order valence-corrected chi connectivity index (χ4v) is 8.83. The molecule has 3 unspecified atom stereocenters. The Bertz CT molecular complexity index is 332. The van der Waals surface area contributed by atoms with Crippen LogP contribution in [0, 0.1) is 16.7 Å². The zero-order chi connectivity index (χ0) is 15.0. The highest BCUT2D eigenvalue weighted by molar-refractivity contribution is 7.59. The smallest absolute Gasteiger partial charge is 0.0895 e. The first-order valence-corrected chi connectivity index (χ1v) is 10.5. The molecule has 0 aromatic heterocycles. The van der Waals surface area contributed by atoms with Crippen molar-refractivity contribution in [1.82, 2.24) is 0 Å². The summed E-state index contributed by atoms with van der Waals surface area (Å²) < 4.78 is 0. The van der Waals surface area contributed by atoms with Crippen LogP contribution >= 0.6 is 7.92 Å². The standard InChI is InChI=1S/C18H35OP/c1-6-8-12-20(13-9-7-2)18(19)14-15-10-11-17(18,5)16(15,3)4/h15,19H,6-14H2,1-5H3. The maximum atomic E-state index is 11.7. The number of aliphatic hydroxyl groups is 1. The zero-order valence-corrected chi connectivity index (χ0v) is 15.2. The lowest BCUT2D eigenvalue weighted by Crippen LogP contribution is -2.46. The van der Waals surface area contributed by atoms with Gasteiger partial charge >= 0.3 is 0 Å². The highest BCUT2D eigenvalue weighted by Crippen LogP contribution is 2.77. The molecular formula is C18H35OP. The van der Waals surface area contributed by atoms with Crippen molar-refractivity contribution in [3.63, 3.8) is 0 Å². The van der Waals surface area contributed by atoms with Crippen molar-refractivity contribution in [2.45, 2.75) is 84.9 Å². The predicted molar refractivity (Wildman–Crippen MR) is 90.6 cm³/mol. The van der Waals surface area contributed by atoms with E-state index in [-0.39, 0.29) is 18.7 Å². The van der Waals surface area contributed by atoms with Crippen molar-refractivity contribution in [3.8, 4) is 0 Å². The largest absolute Gasteiger partial charge is 0.385 e. The summed E-state index contributed by atoms with van der Waals surface area (Å²) in [5.74, 6) is 0.755. The van der Waals surface area contributed by atoms with Gasteiger partial charge in [-0.3, -0.25) is 0 Å². The summed E-state index contributed by atoms with van der Waals surface area (Å²) >= 11 is 0. The van der Waals surface area contributed by atoms with Crippen molar-refractivity contribution >= 4 is 7.92 Å². The average molecular weight is 298 g/mol. The van der Waals surface area contributed by atoms with Gasteiger partial charge in [0.2, 0.25) is 0 Å². The summed E-state index contributed by atoms with van der Waals surface area (Å²) in [7, 11) is -0.222.